The number of nitrogen functional groups attached to an aromatic ring is 2. The lowest BCUT2D eigenvalue weighted by atomic mass is 10.1. The van der Waals surface area contributed by atoms with Crippen molar-refractivity contribution in [1.29, 1.82) is 0 Å². The zero-order chi connectivity index (χ0) is 41.3. The van der Waals surface area contributed by atoms with Crippen LogP contribution >= 0.6 is 0 Å². The minimum atomic E-state index is -1.53. The van der Waals surface area contributed by atoms with Gasteiger partial charge in [0.05, 0.1) is 11.4 Å². The molecule has 306 valence electrons. The number of aryl methyl sites for hydroxylation is 2. The van der Waals surface area contributed by atoms with Crippen molar-refractivity contribution in [2.24, 2.45) is 11.5 Å². The number of nitrogens with two attached hydrogens (primary N) is 4. The summed E-state index contributed by atoms with van der Waals surface area (Å²) >= 11 is 0. The van der Waals surface area contributed by atoms with Gasteiger partial charge in [0.1, 0.15) is 23.0 Å². The fourth-order valence-electron chi connectivity index (χ4n) is 6.58. The van der Waals surface area contributed by atoms with Gasteiger partial charge in [-0.25, -0.2) is 0 Å². The van der Waals surface area contributed by atoms with E-state index in [-0.39, 0.29) is 0 Å². The van der Waals surface area contributed by atoms with Crippen LogP contribution in [0.15, 0.2) is 109 Å². The van der Waals surface area contributed by atoms with Gasteiger partial charge in [-0.05, 0) is 137 Å². The Hall–Kier alpha value is -4.79. The summed E-state index contributed by atoms with van der Waals surface area (Å²) < 4.78 is 31.2. The predicted octanol–water partition coefficient (Wildman–Crippen LogP) is 12.0. The second-order valence-electron chi connectivity index (χ2n) is 15.4. The summed E-state index contributed by atoms with van der Waals surface area (Å²) in [6, 6.07) is 36.5. The molecule has 0 saturated carbocycles. The third-order valence-electron chi connectivity index (χ3n) is 9.09. The maximum absolute atomic E-state index is 6.40. The Morgan fingerprint density at radius 3 is 1.18 bits per heavy atom. The molecule has 0 aliphatic carbocycles. The summed E-state index contributed by atoms with van der Waals surface area (Å²) in [4.78, 5) is 0. The van der Waals surface area contributed by atoms with Crippen molar-refractivity contribution in [2.45, 2.75) is 90.6 Å². The number of hydrogen-bond donors (Lipinski definition) is 4. The first-order valence-corrected chi connectivity index (χ1v) is 26.5. The minimum Gasteiger partial charge on any atom is -0.456 e. The molecule has 5 rings (SSSR count). The van der Waals surface area contributed by atoms with Gasteiger partial charge in [0.2, 0.25) is 0 Å². The molecule has 57 heavy (non-hydrogen) atoms. The minimum absolute atomic E-state index is 0.557. The molecule has 11 heteroatoms. The highest BCUT2D eigenvalue weighted by Gasteiger charge is 2.33. The molecule has 0 heterocycles. The summed E-state index contributed by atoms with van der Waals surface area (Å²) in [5, 5.41) is 0. The second kappa shape index (κ2) is 22.2. The molecule has 0 amide bonds. The zero-order valence-electron chi connectivity index (χ0n) is 34.8. The molecule has 9 nitrogen and oxygen atoms in total. The molecular weight excluding hydrogens is 745 g/mol. The van der Waals surface area contributed by atoms with Crippen LogP contribution in [0.2, 0.25) is 38.3 Å². The van der Waals surface area contributed by atoms with Crippen LogP contribution in [0.25, 0.3) is 0 Å². The fraction of sp³-hybridized carbons (Fsp3) is 0.348. The van der Waals surface area contributed by atoms with Gasteiger partial charge in [0, 0.05) is 12.1 Å². The van der Waals surface area contributed by atoms with E-state index in [1.807, 2.05) is 109 Å². The van der Waals surface area contributed by atoms with Gasteiger partial charge in [0.15, 0.2) is 39.6 Å². The molecule has 0 aliphatic heterocycles. The van der Waals surface area contributed by atoms with Crippen molar-refractivity contribution in [3.8, 4) is 46.0 Å². The Morgan fingerprint density at radius 2 is 0.825 bits per heavy atom. The lowest BCUT2D eigenvalue weighted by molar-refractivity contribution is 0.413. The topological polar surface area (TPSA) is 150 Å². The van der Waals surface area contributed by atoms with Crippen LogP contribution in [-0.4, -0.2) is 29.7 Å². The number of hydrogen-bond acceptors (Lipinski definition) is 9. The molecule has 0 fully saturated rings. The van der Waals surface area contributed by atoms with E-state index in [0.717, 1.165) is 62.7 Å². The second-order valence-corrected chi connectivity index (χ2v) is 24.4. The number of anilines is 2. The van der Waals surface area contributed by atoms with Crippen molar-refractivity contribution >= 4 is 28.0 Å². The molecule has 0 atom stereocenters. The lowest BCUT2D eigenvalue weighted by Crippen LogP contribution is -2.45. The third-order valence-corrected chi connectivity index (χ3v) is 16.3. The number of ether oxygens (including phenoxy) is 4. The zero-order valence-corrected chi connectivity index (χ0v) is 36.8. The van der Waals surface area contributed by atoms with Gasteiger partial charge in [-0.15, -0.1) is 0 Å². The van der Waals surface area contributed by atoms with E-state index in [0.29, 0.717) is 57.4 Å². The highest BCUT2D eigenvalue weighted by atomic mass is 28.4. The highest BCUT2D eigenvalue weighted by Crippen LogP contribution is 2.39. The van der Waals surface area contributed by atoms with Crippen molar-refractivity contribution in [3.05, 3.63) is 120 Å². The maximum atomic E-state index is 6.40. The van der Waals surface area contributed by atoms with Crippen molar-refractivity contribution in [2.75, 3.05) is 24.6 Å². The summed E-state index contributed by atoms with van der Waals surface area (Å²) in [6.45, 7) is 15.0. The Kier molecular flexibility index (Phi) is 17.5. The van der Waals surface area contributed by atoms with Gasteiger partial charge in [-0.2, -0.15) is 0 Å². The molecule has 5 aromatic rings. The normalized spacial score (nSPS) is 11.4. The van der Waals surface area contributed by atoms with Gasteiger partial charge >= 0.3 is 0 Å². The van der Waals surface area contributed by atoms with E-state index < -0.39 is 16.6 Å². The first kappa shape index (κ1) is 44.9. The molecule has 0 radical (unpaired) electrons. The molecule has 0 saturated heterocycles. The number of para-hydroxylation sites is 4. The molecular formula is C46H64N4O5Si2. The van der Waals surface area contributed by atoms with Crippen LogP contribution in [-0.2, 0) is 17.0 Å². The Morgan fingerprint density at radius 1 is 0.474 bits per heavy atom. The number of rotatable bonds is 20. The quantitative estimate of drug-likeness (QED) is 0.0445. The SMILES string of the molecule is CCCc1cccc(Oc2cccc(Oc3ccccc3Oc3cccc(Oc4cccc(CCC)c4N)c3)c2)c1N.C[Si](C)(C)O[Si](C)(CCCN)CCCN. The largest absolute Gasteiger partial charge is 0.456 e. The van der Waals surface area contributed by atoms with Crippen LogP contribution in [0.4, 0.5) is 11.4 Å². The fourth-order valence-corrected chi connectivity index (χ4v) is 15.5. The van der Waals surface area contributed by atoms with Crippen LogP contribution in [0.5, 0.6) is 46.0 Å². The first-order chi connectivity index (χ1) is 27.4. The lowest BCUT2D eigenvalue weighted by Gasteiger charge is -2.34. The standard InChI is InChI=1S/C36H36N2O4.C10H28N2OSi2/c1-3-11-25-13-7-21-33(35(25)37)41-29-17-9-15-27(23-29)39-31-19-5-6-20-32(31)40-28-16-10-18-30(24-28)42-34-22-8-14-26(12-4-2)36(34)38;1-14(2,3)13-15(4,9-5-7-11)10-6-8-12/h5-10,13-24H,3-4,11-12,37-38H2,1-2H3;5-12H2,1-4H3. The smallest absolute Gasteiger partial charge is 0.176 e. The van der Waals surface area contributed by atoms with E-state index in [9.17, 15) is 0 Å². The first-order valence-electron chi connectivity index (χ1n) is 20.2. The molecule has 0 spiro atoms. The van der Waals surface area contributed by atoms with Crippen LogP contribution in [0, 0.1) is 0 Å². The Bertz CT molecular complexity index is 1860. The average Bonchev–Trinajstić information content (AvgIpc) is 3.17. The maximum Gasteiger partial charge on any atom is 0.176 e. The molecule has 0 aromatic heterocycles. The predicted molar refractivity (Wildman–Crippen MR) is 242 cm³/mol. The highest BCUT2D eigenvalue weighted by molar-refractivity contribution is 6.84. The van der Waals surface area contributed by atoms with Gasteiger partial charge in [-0.1, -0.05) is 75.2 Å². The monoisotopic (exact) mass is 808 g/mol. The summed E-state index contributed by atoms with van der Waals surface area (Å²) in [6.07, 6.45) is 6.01. The van der Waals surface area contributed by atoms with Gasteiger partial charge < -0.3 is 46.0 Å². The Labute approximate surface area is 342 Å². The summed E-state index contributed by atoms with van der Waals surface area (Å²) in [5.41, 5.74) is 27.4. The van der Waals surface area contributed by atoms with Crippen molar-refractivity contribution in [1.82, 2.24) is 0 Å². The Balaban J connectivity index is 0.000000408. The molecule has 5 aromatic carbocycles. The van der Waals surface area contributed by atoms with Gasteiger partial charge in [0.25, 0.3) is 0 Å². The number of benzene rings is 5. The van der Waals surface area contributed by atoms with Crippen LogP contribution < -0.4 is 41.9 Å². The van der Waals surface area contributed by atoms with E-state index in [1.54, 1.807) is 0 Å². The van der Waals surface area contributed by atoms with E-state index in [1.165, 1.54) is 12.1 Å². The van der Waals surface area contributed by atoms with Gasteiger partial charge in [-0.3, -0.25) is 0 Å². The third kappa shape index (κ3) is 14.6. The molecule has 0 bridgehead atoms. The average molecular weight is 809 g/mol. The molecule has 8 N–H and O–H groups in total. The van der Waals surface area contributed by atoms with E-state index in [4.69, 9.17) is 46.0 Å². The van der Waals surface area contributed by atoms with Crippen LogP contribution in [0.3, 0.4) is 0 Å². The van der Waals surface area contributed by atoms with Crippen molar-refractivity contribution < 1.29 is 23.1 Å². The molecule has 0 unspecified atom stereocenters. The molecule has 0 aliphatic rings. The summed E-state index contributed by atoms with van der Waals surface area (Å²) in [7, 11) is -2.94. The van der Waals surface area contributed by atoms with Crippen molar-refractivity contribution in [3.63, 3.8) is 0 Å². The van der Waals surface area contributed by atoms with E-state index >= 15 is 0 Å². The summed E-state index contributed by atoms with van der Waals surface area (Å²) in [5.74, 6) is 4.82. The van der Waals surface area contributed by atoms with Crippen LogP contribution in [0.1, 0.15) is 50.7 Å². The van der Waals surface area contributed by atoms with E-state index in [2.05, 4.69) is 40.0 Å².